The van der Waals surface area contributed by atoms with Gasteiger partial charge in [-0.2, -0.15) is 0 Å². The van der Waals surface area contributed by atoms with Crippen LogP contribution in [-0.4, -0.2) is 35.3 Å². The summed E-state index contributed by atoms with van der Waals surface area (Å²) in [7, 11) is 0. The molecule has 1 amide bonds. The molecule has 138 valence electrons. The second-order valence-electron chi connectivity index (χ2n) is 6.66. The van der Waals surface area contributed by atoms with Gasteiger partial charge in [-0.05, 0) is 6.42 Å². The number of rotatable bonds is 13. The molecule has 0 aliphatic carbocycles. The number of likely N-dealkylation sites (tertiary alicyclic amines) is 1. The van der Waals surface area contributed by atoms with Crippen molar-refractivity contribution in [2.45, 2.75) is 83.6 Å². The van der Waals surface area contributed by atoms with Gasteiger partial charge in [-0.3, -0.25) is 4.79 Å². The zero-order chi connectivity index (χ0) is 17.9. The summed E-state index contributed by atoms with van der Waals surface area (Å²) >= 11 is 0. The van der Waals surface area contributed by atoms with Crippen LogP contribution in [0, 0.1) is 5.92 Å². The van der Waals surface area contributed by atoms with Crippen LogP contribution in [0.15, 0.2) is 0 Å². The first-order valence-corrected chi connectivity index (χ1v) is 9.20. The summed E-state index contributed by atoms with van der Waals surface area (Å²) in [5.74, 6) is -4.75. The molecule has 8 heteroatoms. The zero-order valence-electron chi connectivity index (χ0n) is 16.6. The van der Waals surface area contributed by atoms with E-state index in [1.54, 1.807) is 0 Å². The Kier molecular flexibility index (Phi) is 18.0. The number of aliphatic carboxylic acids is 2. The van der Waals surface area contributed by atoms with E-state index in [1.165, 1.54) is 38.5 Å². The van der Waals surface area contributed by atoms with Crippen molar-refractivity contribution in [2.24, 2.45) is 5.92 Å². The van der Waals surface area contributed by atoms with Gasteiger partial charge < -0.3 is 24.7 Å². The molecular formula is C18H29NNa2O5. The SMILES string of the molecule is CCCCCCCCCCCCN1C(=O)CC(C(=O)[O-])C1C(=O)[O-].[Na+].[Na+]. The average Bonchev–Trinajstić information content (AvgIpc) is 2.86. The van der Waals surface area contributed by atoms with Crippen molar-refractivity contribution in [1.82, 2.24) is 4.90 Å². The average molecular weight is 385 g/mol. The molecule has 1 aliphatic heterocycles. The van der Waals surface area contributed by atoms with Gasteiger partial charge >= 0.3 is 59.1 Å². The second kappa shape index (κ2) is 16.4. The van der Waals surface area contributed by atoms with E-state index in [0.717, 1.165) is 24.2 Å². The van der Waals surface area contributed by atoms with Crippen LogP contribution in [0.4, 0.5) is 0 Å². The molecule has 1 heterocycles. The van der Waals surface area contributed by atoms with Gasteiger partial charge in [0, 0.05) is 24.9 Å². The number of carbonyl (C=O) groups is 3. The Hall–Kier alpha value is 0.410. The maximum Gasteiger partial charge on any atom is 1.00 e. The van der Waals surface area contributed by atoms with Crippen LogP contribution in [0.1, 0.15) is 77.6 Å². The smallest absolute Gasteiger partial charge is 0.550 e. The summed E-state index contributed by atoms with van der Waals surface area (Å²) < 4.78 is 0. The molecule has 2 unspecified atom stereocenters. The van der Waals surface area contributed by atoms with Crippen LogP contribution in [0.25, 0.3) is 0 Å². The third kappa shape index (κ3) is 10.1. The van der Waals surface area contributed by atoms with Gasteiger partial charge in [-0.1, -0.05) is 64.7 Å². The fourth-order valence-electron chi connectivity index (χ4n) is 3.33. The van der Waals surface area contributed by atoms with Gasteiger partial charge in [0.25, 0.3) is 0 Å². The van der Waals surface area contributed by atoms with E-state index in [2.05, 4.69) is 6.92 Å². The second-order valence-corrected chi connectivity index (χ2v) is 6.66. The molecule has 1 rings (SSSR count). The molecule has 0 spiro atoms. The predicted octanol–water partition coefficient (Wildman–Crippen LogP) is -5.37. The first kappa shape index (κ1) is 28.6. The Labute approximate surface area is 201 Å². The topological polar surface area (TPSA) is 101 Å². The Balaban J connectivity index is 0. The molecule has 0 radical (unpaired) electrons. The Morgan fingerprint density at radius 1 is 0.885 bits per heavy atom. The van der Waals surface area contributed by atoms with E-state index in [0.29, 0.717) is 6.42 Å². The summed E-state index contributed by atoms with van der Waals surface area (Å²) in [5.41, 5.74) is 0. The van der Waals surface area contributed by atoms with E-state index in [-0.39, 0.29) is 72.1 Å². The molecule has 0 aromatic carbocycles. The summed E-state index contributed by atoms with van der Waals surface area (Å²) in [6, 6.07) is -1.39. The van der Waals surface area contributed by atoms with Crippen LogP contribution in [0.2, 0.25) is 0 Å². The molecule has 6 nitrogen and oxygen atoms in total. The monoisotopic (exact) mass is 385 g/mol. The van der Waals surface area contributed by atoms with Gasteiger partial charge in [0.05, 0.1) is 12.0 Å². The molecule has 26 heavy (non-hydrogen) atoms. The number of amides is 1. The molecular weight excluding hydrogens is 356 g/mol. The molecule has 1 saturated heterocycles. The van der Waals surface area contributed by atoms with Gasteiger partial charge in [-0.25, -0.2) is 0 Å². The largest absolute Gasteiger partial charge is 1.00 e. The van der Waals surface area contributed by atoms with Crippen molar-refractivity contribution in [1.29, 1.82) is 0 Å². The maximum atomic E-state index is 11.8. The van der Waals surface area contributed by atoms with E-state index in [4.69, 9.17) is 0 Å². The third-order valence-corrected chi connectivity index (χ3v) is 4.73. The third-order valence-electron chi connectivity index (χ3n) is 4.73. The summed E-state index contributed by atoms with van der Waals surface area (Å²) in [4.78, 5) is 35.1. The molecule has 0 N–H and O–H groups in total. The number of hydrogen-bond acceptors (Lipinski definition) is 5. The quantitative estimate of drug-likeness (QED) is 0.233. The summed E-state index contributed by atoms with van der Waals surface area (Å²) in [6.45, 7) is 2.48. The first-order valence-electron chi connectivity index (χ1n) is 9.20. The molecule has 2 atom stereocenters. The molecule has 0 bridgehead atoms. The normalized spacial score (nSPS) is 19.0. The van der Waals surface area contributed by atoms with Gasteiger partial charge in [0.2, 0.25) is 5.91 Å². The predicted molar refractivity (Wildman–Crippen MR) is 85.5 cm³/mol. The molecule has 0 saturated carbocycles. The Bertz CT molecular complexity index is 434. The number of unbranched alkanes of at least 4 members (excludes halogenated alkanes) is 9. The van der Waals surface area contributed by atoms with Crippen LogP contribution in [0.5, 0.6) is 0 Å². The van der Waals surface area contributed by atoms with Crippen molar-refractivity contribution in [3.05, 3.63) is 0 Å². The number of carbonyl (C=O) groups excluding carboxylic acids is 3. The minimum Gasteiger partial charge on any atom is -0.550 e. The van der Waals surface area contributed by atoms with E-state index < -0.39 is 29.8 Å². The molecule has 1 aliphatic rings. The van der Waals surface area contributed by atoms with Gasteiger partial charge in [-0.15, -0.1) is 0 Å². The fourth-order valence-corrected chi connectivity index (χ4v) is 3.33. The standard InChI is InChI=1S/C18H31NO5.2Na/c1-2-3-4-5-6-7-8-9-10-11-12-19-15(20)13-14(17(21)22)16(19)18(23)24;;/h14,16H,2-13H2,1H3,(H,21,22)(H,23,24);;/q;2*+1/p-2. The number of carboxylic acids is 2. The van der Waals surface area contributed by atoms with E-state index in [1.807, 2.05) is 0 Å². The van der Waals surface area contributed by atoms with Crippen LogP contribution < -0.4 is 69.3 Å². The maximum absolute atomic E-state index is 11.8. The van der Waals surface area contributed by atoms with Crippen LogP contribution >= 0.6 is 0 Å². The van der Waals surface area contributed by atoms with Crippen LogP contribution in [-0.2, 0) is 14.4 Å². The first-order chi connectivity index (χ1) is 11.5. The van der Waals surface area contributed by atoms with Crippen LogP contribution in [0.3, 0.4) is 0 Å². The van der Waals surface area contributed by atoms with Crippen molar-refractivity contribution in [3.63, 3.8) is 0 Å². The Morgan fingerprint density at radius 3 is 1.77 bits per heavy atom. The summed E-state index contributed by atoms with van der Waals surface area (Å²) in [5, 5.41) is 22.1. The Morgan fingerprint density at radius 2 is 1.35 bits per heavy atom. The fraction of sp³-hybridized carbons (Fsp3) is 0.833. The number of nitrogens with zero attached hydrogens (tertiary/aromatic N) is 1. The van der Waals surface area contributed by atoms with Crippen molar-refractivity contribution in [3.8, 4) is 0 Å². The molecule has 1 fully saturated rings. The summed E-state index contributed by atoms with van der Waals surface area (Å²) in [6.07, 6.45) is 11.1. The minimum atomic E-state index is -1.51. The molecule has 0 aromatic rings. The number of carboxylic acid groups (broad SMARTS) is 2. The zero-order valence-corrected chi connectivity index (χ0v) is 20.6. The number of hydrogen-bond donors (Lipinski definition) is 0. The van der Waals surface area contributed by atoms with Crippen molar-refractivity contribution in [2.75, 3.05) is 6.54 Å². The molecule has 0 aromatic heterocycles. The van der Waals surface area contributed by atoms with Gasteiger partial charge in [0.1, 0.15) is 0 Å². The van der Waals surface area contributed by atoms with E-state index >= 15 is 0 Å². The van der Waals surface area contributed by atoms with E-state index in [9.17, 15) is 24.6 Å². The van der Waals surface area contributed by atoms with Crippen molar-refractivity contribution < 1.29 is 83.7 Å². The van der Waals surface area contributed by atoms with Gasteiger partial charge in [0.15, 0.2) is 0 Å². The minimum absolute atomic E-state index is 0. The van der Waals surface area contributed by atoms with Crippen molar-refractivity contribution >= 4 is 17.8 Å².